The van der Waals surface area contributed by atoms with Gasteiger partial charge >= 0.3 is 0 Å². The SMILES string of the molecule is C[C@H](C(=O)NC1C(I)Oc2ccccc2C1N1CCOCC1)c1ccc(F)cc1. The average Bonchev–Trinajstić information content (AvgIpc) is 2.75. The number of nitrogens with one attached hydrogen (secondary N) is 1. The molecule has 2 aliphatic heterocycles. The number of carbonyl (C=O) groups is 1. The van der Waals surface area contributed by atoms with Crippen molar-refractivity contribution in [1.29, 1.82) is 0 Å². The molecule has 0 spiro atoms. The number of halogens is 2. The van der Waals surface area contributed by atoms with E-state index in [1.165, 1.54) is 12.1 Å². The molecular formula is C22H24FIN2O3. The fourth-order valence-corrected chi connectivity index (χ4v) is 4.83. The van der Waals surface area contributed by atoms with Crippen LogP contribution in [0.4, 0.5) is 4.39 Å². The number of benzene rings is 2. The summed E-state index contributed by atoms with van der Waals surface area (Å²) in [5, 5.41) is 3.22. The minimum Gasteiger partial charge on any atom is -0.478 e. The lowest BCUT2D eigenvalue weighted by Gasteiger charge is -2.44. The Morgan fingerprint density at radius 3 is 2.59 bits per heavy atom. The Hall–Kier alpha value is -1.71. The predicted molar refractivity (Wildman–Crippen MR) is 117 cm³/mol. The first-order chi connectivity index (χ1) is 14.0. The number of rotatable bonds is 4. The molecule has 1 N–H and O–H groups in total. The van der Waals surface area contributed by atoms with Gasteiger partial charge in [0.25, 0.3) is 0 Å². The van der Waals surface area contributed by atoms with Crippen LogP contribution >= 0.6 is 22.6 Å². The summed E-state index contributed by atoms with van der Waals surface area (Å²) in [6, 6.07) is 13.9. The van der Waals surface area contributed by atoms with E-state index in [0.717, 1.165) is 30.0 Å². The smallest absolute Gasteiger partial charge is 0.227 e. The maximum Gasteiger partial charge on any atom is 0.227 e. The van der Waals surface area contributed by atoms with Gasteiger partial charge in [-0.1, -0.05) is 30.3 Å². The molecule has 7 heteroatoms. The average molecular weight is 510 g/mol. The van der Waals surface area contributed by atoms with E-state index in [-0.39, 0.29) is 33.8 Å². The van der Waals surface area contributed by atoms with Gasteiger partial charge < -0.3 is 14.8 Å². The molecule has 0 bridgehead atoms. The molecule has 0 radical (unpaired) electrons. The first kappa shape index (κ1) is 20.6. The van der Waals surface area contributed by atoms with Gasteiger partial charge in [-0.05, 0) is 53.3 Å². The summed E-state index contributed by atoms with van der Waals surface area (Å²) in [6.07, 6.45) is 0. The highest BCUT2D eigenvalue weighted by Gasteiger charge is 2.42. The van der Waals surface area contributed by atoms with Crippen LogP contribution in [0.15, 0.2) is 48.5 Å². The third-order valence-electron chi connectivity index (χ3n) is 5.61. The van der Waals surface area contributed by atoms with E-state index >= 15 is 0 Å². The van der Waals surface area contributed by atoms with Gasteiger partial charge in [-0.25, -0.2) is 4.39 Å². The van der Waals surface area contributed by atoms with Crippen LogP contribution in [0.3, 0.4) is 0 Å². The molecule has 4 rings (SSSR count). The molecule has 2 heterocycles. The normalized spacial score (nSPS) is 25.6. The van der Waals surface area contributed by atoms with E-state index < -0.39 is 0 Å². The number of morpholine rings is 1. The molecule has 154 valence electrons. The molecule has 2 aliphatic rings. The van der Waals surface area contributed by atoms with Crippen LogP contribution in [0.1, 0.15) is 30.0 Å². The highest BCUT2D eigenvalue weighted by Crippen LogP contribution is 2.40. The molecule has 0 saturated carbocycles. The number of carbonyl (C=O) groups excluding carboxylic acids is 1. The summed E-state index contributed by atoms with van der Waals surface area (Å²) in [7, 11) is 0. The van der Waals surface area contributed by atoms with Crippen molar-refractivity contribution >= 4 is 28.5 Å². The molecule has 2 aromatic carbocycles. The fourth-order valence-electron chi connectivity index (χ4n) is 3.98. The first-order valence-electron chi connectivity index (χ1n) is 9.82. The predicted octanol–water partition coefficient (Wildman–Crippen LogP) is 3.64. The number of ether oxygens (including phenoxy) is 2. The topological polar surface area (TPSA) is 50.8 Å². The standard InChI is InChI=1S/C22H24FIN2O3/c1-14(15-6-8-16(23)9-7-15)22(27)25-19-20(26-10-12-28-13-11-26)17-4-2-3-5-18(17)29-21(19)24/h2-9,14,19-21H,10-13H2,1H3,(H,25,27)/t14-,19?,20?,21?/m0/s1. The lowest BCUT2D eigenvalue weighted by molar-refractivity contribution is -0.124. The van der Waals surface area contributed by atoms with Crippen LogP contribution in [-0.2, 0) is 9.53 Å². The maximum atomic E-state index is 13.2. The fraction of sp³-hybridized carbons (Fsp3) is 0.409. The van der Waals surface area contributed by atoms with Crippen molar-refractivity contribution in [2.24, 2.45) is 0 Å². The van der Waals surface area contributed by atoms with E-state index in [4.69, 9.17) is 9.47 Å². The van der Waals surface area contributed by atoms with Crippen molar-refractivity contribution in [3.63, 3.8) is 0 Å². The Balaban J connectivity index is 1.59. The lowest BCUT2D eigenvalue weighted by Crippen LogP contribution is -2.56. The molecule has 1 amide bonds. The van der Waals surface area contributed by atoms with Crippen LogP contribution in [0.25, 0.3) is 0 Å². The molecule has 2 aromatic rings. The maximum absolute atomic E-state index is 13.2. The third-order valence-corrected chi connectivity index (χ3v) is 6.64. The summed E-state index contributed by atoms with van der Waals surface area (Å²) >= 11 is 2.26. The monoisotopic (exact) mass is 510 g/mol. The molecule has 5 nitrogen and oxygen atoms in total. The van der Waals surface area contributed by atoms with Gasteiger partial charge in [0.2, 0.25) is 5.91 Å². The number of alkyl halides is 1. The van der Waals surface area contributed by atoms with E-state index in [1.807, 2.05) is 25.1 Å². The second kappa shape index (κ2) is 8.97. The molecule has 4 atom stereocenters. The third kappa shape index (κ3) is 4.41. The number of hydrogen-bond donors (Lipinski definition) is 1. The minimum atomic E-state index is -0.387. The van der Waals surface area contributed by atoms with Gasteiger partial charge in [0.15, 0.2) is 4.11 Å². The van der Waals surface area contributed by atoms with E-state index in [2.05, 4.69) is 38.9 Å². The van der Waals surface area contributed by atoms with Crippen LogP contribution < -0.4 is 10.1 Å². The molecule has 0 aromatic heterocycles. The summed E-state index contributed by atoms with van der Waals surface area (Å²) in [4.78, 5) is 15.4. The summed E-state index contributed by atoms with van der Waals surface area (Å²) in [6.45, 7) is 4.81. The van der Waals surface area contributed by atoms with Crippen molar-refractivity contribution in [1.82, 2.24) is 10.2 Å². The van der Waals surface area contributed by atoms with Crippen LogP contribution in [-0.4, -0.2) is 47.3 Å². The number of amides is 1. The Labute approximate surface area is 183 Å². The quantitative estimate of drug-likeness (QED) is 0.505. The first-order valence-corrected chi connectivity index (χ1v) is 11.1. The number of hydrogen-bond acceptors (Lipinski definition) is 4. The largest absolute Gasteiger partial charge is 0.478 e. The number of para-hydroxylation sites is 1. The lowest BCUT2D eigenvalue weighted by atomic mass is 9.93. The van der Waals surface area contributed by atoms with Gasteiger partial charge in [-0.15, -0.1) is 0 Å². The molecule has 3 unspecified atom stereocenters. The van der Waals surface area contributed by atoms with E-state index in [0.29, 0.717) is 13.2 Å². The molecule has 1 fully saturated rings. The number of nitrogens with zero attached hydrogens (tertiary/aromatic N) is 1. The van der Waals surface area contributed by atoms with Gasteiger partial charge in [0, 0.05) is 18.7 Å². The summed E-state index contributed by atoms with van der Waals surface area (Å²) in [5.74, 6) is 0.0741. The Morgan fingerprint density at radius 1 is 1.17 bits per heavy atom. The van der Waals surface area contributed by atoms with Crippen molar-refractivity contribution in [2.45, 2.75) is 29.0 Å². The molecule has 29 heavy (non-hydrogen) atoms. The van der Waals surface area contributed by atoms with E-state index in [1.54, 1.807) is 12.1 Å². The zero-order chi connectivity index (χ0) is 20.4. The van der Waals surface area contributed by atoms with Crippen molar-refractivity contribution in [3.8, 4) is 5.75 Å². The van der Waals surface area contributed by atoms with E-state index in [9.17, 15) is 9.18 Å². The highest BCUT2D eigenvalue weighted by atomic mass is 127. The van der Waals surface area contributed by atoms with Gasteiger partial charge in [-0.2, -0.15) is 0 Å². The zero-order valence-electron chi connectivity index (χ0n) is 16.2. The summed E-state index contributed by atoms with van der Waals surface area (Å²) in [5.41, 5.74) is 1.87. The van der Waals surface area contributed by atoms with Gasteiger partial charge in [-0.3, -0.25) is 9.69 Å². The molecule has 0 aliphatic carbocycles. The second-order valence-corrected chi connectivity index (χ2v) is 8.64. The summed E-state index contributed by atoms with van der Waals surface area (Å²) < 4.78 is 24.7. The van der Waals surface area contributed by atoms with Gasteiger partial charge in [0.1, 0.15) is 11.6 Å². The molecule has 1 saturated heterocycles. The highest BCUT2D eigenvalue weighted by molar-refractivity contribution is 14.1. The van der Waals surface area contributed by atoms with Crippen molar-refractivity contribution < 1.29 is 18.7 Å². The van der Waals surface area contributed by atoms with Crippen LogP contribution in [0, 0.1) is 5.82 Å². The molecular weight excluding hydrogens is 486 g/mol. The van der Waals surface area contributed by atoms with Crippen LogP contribution in [0.2, 0.25) is 0 Å². The van der Waals surface area contributed by atoms with Crippen LogP contribution in [0.5, 0.6) is 5.75 Å². The second-order valence-electron chi connectivity index (χ2n) is 7.41. The Kier molecular flexibility index (Phi) is 6.36. The minimum absolute atomic E-state index is 0.00937. The van der Waals surface area contributed by atoms with Gasteiger partial charge in [0.05, 0.1) is 31.2 Å². The Morgan fingerprint density at radius 2 is 1.86 bits per heavy atom. The Bertz CT molecular complexity index is 857. The van der Waals surface area contributed by atoms with Crippen molar-refractivity contribution in [2.75, 3.05) is 26.3 Å². The number of fused-ring (bicyclic) bond motifs is 1. The zero-order valence-corrected chi connectivity index (χ0v) is 18.3. The van der Waals surface area contributed by atoms with Crippen molar-refractivity contribution in [3.05, 3.63) is 65.5 Å².